The van der Waals surface area contributed by atoms with Crippen LogP contribution in [0.25, 0.3) is 0 Å². The molecule has 0 saturated carbocycles. The minimum absolute atomic E-state index is 0.126. The van der Waals surface area contributed by atoms with Gasteiger partial charge >= 0.3 is 0 Å². The van der Waals surface area contributed by atoms with Crippen LogP contribution >= 0.6 is 0 Å². The number of rotatable bonds is 10. The molecule has 2 atom stereocenters. The lowest BCUT2D eigenvalue weighted by Crippen LogP contribution is -2.37. The summed E-state index contributed by atoms with van der Waals surface area (Å²) in [5.74, 6) is 0.788. The van der Waals surface area contributed by atoms with Gasteiger partial charge in [0.2, 0.25) is 0 Å². The molecule has 1 aromatic carbocycles. The largest absolute Gasteiger partial charge is 0.376 e. The van der Waals surface area contributed by atoms with Crippen molar-refractivity contribution in [2.75, 3.05) is 31.2 Å². The van der Waals surface area contributed by atoms with E-state index >= 15 is 0 Å². The first kappa shape index (κ1) is 23.6. The van der Waals surface area contributed by atoms with Crippen molar-refractivity contribution < 1.29 is 14.3 Å². The number of hydrogen-bond acceptors (Lipinski definition) is 4. The lowest BCUT2D eigenvalue weighted by molar-refractivity contribution is -0.0210. The molecule has 4 heteroatoms. The Labute approximate surface area is 166 Å². The zero-order valence-electron chi connectivity index (χ0n) is 18.5. The zero-order chi connectivity index (χ0) is 20.7. The summed E-state index contributed by atoms with van der Waals surface area (Å²) in [6, 6.07) is 7.81. The first-order chi connectivity index (χ1) is 12.4. The number of hydrogen-bond donors (Lipinski definition) is 0. The molecule has 27 heavy (non-hydrogen) atoms. The molecular weight excluding hydrogens is 338 g/mol. The summed E-state index contributed by atoms with van der Waals surface area (Å²) in [4.78, 5) is 13.3. The second-order valence-corrected chi connectivity index (χ2v) is 9.67. The predicted octanol–water partition coefficient (Wildman–Crippen LogP) is 5.21. The van der Waals surface area contributed by atoms with Crippen molar-refractivity contribution in [1.29, 1.82) is 0 Å². The maximum Gasteiger partial charge on any atom is 0.150 e. The highest BCUT2D eigenvalue weighted by molar-refractivity contribution is 5.75. The fourth-order valence-corrected chi connectivity index (χ4v) is 2.69. The van der Waals surface area contributed by atoms with E-state index in [1.54, 1.807) is 0 Å². The van der Waals surface area contributed by atoms with Gasteiger partial charge in [-0.3, -0.25) is 4.79 Å². The Bertz CT molecular complexity index is 528. The molecule has 0 radical (unpaired) electrons. The van der Waals surface area contributed by atoms with Gasteiger partial charge in [-0.25, -0.2) is 0 Å². The van der Waals surface area contributed by atoms with Gasteiger partial charge in [-0.15, -0.1) is 0 Å². The molecule has 0 bridgehead atoms. The number of carbonyl (C=O) groups is 1. The van der Waals surface area contributed by atoms with Crippen LogP contribution in [0.5, 0.6) is 0 Å². The lowest BCUT2D eigenvalue weighted by atomic mass is 10.1. The van der Waals surface area contributed by atoms with Crippen molar-refractivity contribution in [2.24, 2.45) is 11.8 Å². The van der Waals surface area contributed by atoms with Crippen LogP contribution in [-0.2, 0) is 9.47 Å². The van der Waals surface area contributed by atoms with Gasteiger partial charge in [-0.2, -0.15) is 0 Å². The van der Waals surface area contributed by atoms with Crippen LogP contribution < -0.4 is 4.90 Å². The summed E-state index contributed by atoms with van der Waals surface area (Å²) < 4.78 is 11.9. The number of nitrogens with zero attached hydrogens (tertiary/aromatic N) is 1. The smallest absolute Gasteiger partial charge is 0.150 e. The Morgan fingerprint density at radius 2 is 1.26 bits per heavy atom. The first-order valence-corrected chi connectivity index (χ1v) is 9.98. The van der Waals surface area contributed by atoms with Crippen molar-refractivity contribution in [3.63, 3.8) is 0 Å². The molecule has 0 aliphatic rings. The highest BCUT2D eigenvalue weighted by atomic mass is 16.5. The van der Waals surface area contributed by atoms with Crippen LogP contribution in [0, 0.1) is 11.8 Å². The Balaban J connectivity index is 2.80. The van der Waals surface area contributed by atoms with Crippen LogP contribution in [0.15, 0.2) is 24.3 Å². The minimum Gasteiger partial charge on any atom is -0.376 e. The van der Waals surface area contributed by atoms with Gasteiger partial charge in [0.05, 0.1) is 24.4 Å². The summed E-state index contributed by atoms with van der Waals surface area (Å²) in [5.41, 5.74) is 1.58. The highest BCUT2D eigenvalue weighted by Gasteiger charge is 2.19. The molecule has 1 aromatic rings. The van der Waals surface area contributed by atoms with Crippen LogP contribution in [0.3, 0.4) is 0 Å². The van der Waals surface area contributed by atoms with Gasteiger partial charge in [0.1, 0.15) is 6.29 Å². The van der Waals surface area contributed by atoms with E-state index < -0.39 is 0 Å². The third-order valence-corrected chi connectivity index (χ3v) is 4.06. The van der Waals surface area contributed by atoms with E-state index in [0.717, 1.165) is 38.3 Å². The van der Waals surface area contributed by atoms with Crippen LogP contribution in [0.1, 0.15) is 65.7 Å². The fraction of sp³-hybridized carbons (Fsp3) is 0.696. The van der Waals surface area contributed by atoms with E-state index in [-0.39, 0.29) is 11.2 Å². The number of aldehydes is 1. The van der Waals surface area contributed by atoms with Gasteiger partial charge < -0.3 is 14.4 Å². The van der Waals surface area contributed by atoms with Gasteiger partial charge in [0, 0.05) is 24.3 Å². The van der Waals surface area contributed by atoms with E-state index in [1.807, 2.05) is 24.3 Å². The molecule has 0 aromatic heterocycles. The normalized spacial score (nSPS) is 14.7. The number of carbonyl (C=O) groups excluding carboxylic acids is 1. The van der Waals surface area contributed by atoms with E-state index in [0.29, 0.717) is 17.4 Å². The monoisotopic (exact) mass is 377 g/mol. The third kappa shape index (κ3) is 10.5. The van der Waals surface area contributed by atoms with Crippen LogP contribution in [0.4, 0.5) is 5.69 Å². The molecule has 154 valence electrons. The SMILES string of the molecule is CC(COC(C)(C)C)CN(CC(C)COC(C)(C)C)c1ccc(C=O)cc1. The lowest BCUT2D eigenvalue weighted by Gasteiger charge is -2.32. The number of anilines is 1. The maximum absolute atomic E-state index is 11.0. The summed E-state index contributed by atoms with van der Waals surface area (Å²) >= 11 is 0. The van der Waals surface area contributed by atoms with E-state index in [1.165, 1.54) is 0 Å². The summed E-state index contributed by atoms with van der Waals surface area (Å²) in [6.45, 7) is 20.2. The second kappa shape index (κ2) is 10.2. The summed E-state index contributed by atoms with van der Waals surface area (Å²) in [5, 5.41) is 0. The average molecular weight is 378 g/mol. The molecular formula is C23H39NO3. The molecule has 0 spiro atoms. The van der Waals surface area contributed by atoms with Gasteiger partial charge in [-0.1, -0.05) is 13.8 Å². The molecule has 0 saturated heterocycles. The average Bonchev–Trinajstić information content (AvgIpc) is 2.56. The van der Waals surface area contributed by atoms with Gasteiger partial charge in [0.15, 0.2) is 0 Å². The van der Waals surface area contributed by atoms with Gasteiger partial charge in [0.25, 0.3) is 0 Å². The highest BCUT2D eigenvalue weighted by Crippen LogP contribution is 2.20. The Morgan fingerprint density at radius 3 is 1.59 bits per heavy atom. The molecule has 0 N–H and O–H groups in total. The van der Waals surface area contributed by atoms with E-state index in [4.69, 9.17) is 9.47 Å². The van der Waals surface area contributed by atoms with Crippen molar-refractivity contribution in [3.05, 3.63) is 29.8 Å². The third-order valence-electron chi connectivity index (χ3n) is 4.06. The molecule has 0 amide bonds. The second-order valence-electron chi connectivity index (χ2n) is 9.67. The number of ether oxygens (including phenoxy) is 2. The number of benzene rings is 1. The van der Waals surface area contributed by atoms with Crippen molar-refractivity contribution in [2.45, 2.75) is 66.6 Å². The Hall–Kier alpha value is -1.39. The molecule has 0 heterocycles. The first-order valence-electron chi connectivity index (χ1n) is 9.98. The van der Waals surface area contributed by atoms with Crippen molar-refractivity contribution in [3.8, 4) is 0 Å². The van der Waals surface area contributed by atoms with Crippen LogP contribution in [-0.4, -0.2) is 43.8 Å². The standard InChI is InChI=1S/C23H39NO3/c1-18(16-26-22(3,4)5)13-24(14-19(2)17-27-23(6,7)8)21-11-9-20(15-25)10-12-21/h9-12,15,18-19H,13-14,16-17H2,1-8H3. The molecule has 1 rings (SSSR count). The van der Waals surface area contributed by atoms with E-state index in [2.05, 4.69) is 60.3 Å². The molecule has 0 fully saturated rings. The molecule has 2 unspecified atom stereocenters. The quantitative estimate of drug-likeness (QED) is 0.525. The van der Waals surface area contributed by atoms with Gasteiger partial charge in [-0.05, 0) is 77.6 Å². The Morgan fingerprint density at radius 1 is 0.852 bits per heavy atom. The fourth-order valence-electron chi connectivity index (χ4n) is 2.69. The van der Waals surface area contributed by atoms with Crippen molar-refractivity contribution in [1.82, 2.24) is 0 Å². The Kier molecular flexibility index (Phi) is 8.97. The van der Waals surface area contributed by atoms with Crippen LogP contribution in [0.2, 0.25) is 0 Å². The molecule has 0 aliphatic heterocycles. The maximum atomic E-state index is 11.0. The zero-order valence-corrected chi connectivity index (χ0v) is 18.5. The topological polar surface area (TPSA) is 38.8 Å². The predicted molar refractivity (Wildman–Crippen MR) is 114 cm³/mol. The summed E-state index contributed by atoms with van der Waals surface area (Å²) in [7, 11) is 0. The van der Waals surface area contributed by atoms with Crippen molar-refractivity contribution >= 4 is 12.0 Å². The molecule has 0 aliphatic carbocycles. The molecule has 4 nitrogen and oxygen atoms in total. The van der Waals surface area contributed by atoms with E-state index in [9.17, 15) is 4.79 Å². The minimum atomic E-state index is -0.126. The summed E-state index contributed by atoms with van der Waals surface area (Å²) in [6.07, 6.45) is 0.883.